The SMILES string of the molecule is COC(=O)c1nccc2cc(OCc3ccccc3)ccc12. The van der Waals surface area contributed by atoms with E-state index in [9.17, 15) is 4.79 Å². The lowest BCUT2D eigenvalue weighted by Crippen LogP contribution is -2.04. The van der Waals surface area contributed by atoms with Crippen molar-refractivity contribution in [3.05, 3.63) is 72.1 Å². The number of carbonyl (C=O) groups excluding carboxylic acids is 1. The molecule has 22 heavy (non-hydrogen) atoms. The van der Waals surface area contributed by atoms with Gasteiger partial charge in [0.1, 0.15) is 12.4 Å². The summed E-state index contributed by atoms with van der Waals surface area (Å²) in [6, 6.07) is 17.4. The number of carbonyl (C=O) groups is 1. The Kier molecular flexibility index (Phi) is 4.01. The molecular formula is C18H15NO3. The molecule has 4 heteroatoms. The predicted molar refractivity (Wildman–Crippen MR) is 83.9 cm³/mol. The molecule has 1 heterocycles. The van der Waals surface area contributed by atoms with Crippen molar-refractivity contribution >= 4 is 16.7 Å². The Hall–Kier alpha value is -2.88. The van der Waals surface area contributed by atoms with E-state index < -0.39 is 5.97 Å². The lowest BCUT2D eigenvalue weighted by molar-refractivity contribution is 0.0596. The molecule has 3 aromatic rings. The van der Waals surface area contributed by atoms with Gasteiger partial charge < -0.3 is 9.47 Å². The number of fused-ring (bicyclic) bond motifs is 1. The van der Waals surface area contributed by atoms with Crippen LogP contribution in [0.1, 0.15) is 16.1 Å². The molecule has 0 spiro atoms. The molecule has 0 aliphatic rings. The first kappa shape index (κ1) is 14.1. The van der Waals surface area contributed by atoms with Crippen molar-refractivity contribution in [1.82, 2.24) is 4.98 Å². The zero-order chi connectivity index (χ0) is 15.4. The molecule has 2 aromatic carbocycles. The van der Waals surface area contributed by atoms with Gasteiger partial charge in [0.25, 0.3) is 0 Å². The summed E-state index contributed by atoms with van der Waals surface area (Å²) in [6.07, 6.45) is 1.59. The molecule has 0 bridgehead atoms. The maximum absolute atomic E-state index is 11.7. The first-order valence-corrected chi connectivity index (χ1v) is 6.92. The monoisotopic (exact) mass is 293 g/mol. The number of hydrogen-bond acceptors (Lipinski definition) is 4. The Morgan fingerprint density at radius 1 is 1.09 bits per heavy atom. The third-order valence-electron chi connectivity index (χ3n) is 3.36. The third-order valence-corrected chi connectivity index (χ3v) is 3.36. The summed E-state index contributed by atoms with van der Waals surface area (Å²) < 4.78 is 10.5. The van der Waals surface area contributed by atoms with Gasteiger partial charge in [-0.2, -0.15) is 0 Å². The fourth-order valence-corrected chi connectivity index (χ4v) is 2.25. The fraction of sp³-hybridized carbons (Fsp3) is 0.111. The highest BCUT2D eigenvalue weighted by molar-refractivity contribution is 6.02. The van der Waals surface area contributed by atoms with Crippen LogP contribution in [0.25, 0.3) is 10.8 Å². The molecule has 0 atom stereocenters. The fourth-order valence-electron chi connectivity index (χ4n) is 2.25. The van der Waals surface area contributed by atoms with Gasteiger partial charge in [0.15, 0.2) is 5.69 Å². The van der Waals surface area contributed by atoms with E-state index in [0.29, 0.717) is 12.3 Å². The molecule has 0 fully saturated rings. The van der Waals surface area contributed by atoms with E-state index in [1.165, 1.54) is 7.11 Å². The Bertz CT molecular complexity index is 800. The Morgan fingerprint density at radius 2 is 1.91 bits per heavy atom. The van der Waals surface area contributed by atoms with Crippen molar-refractivity contribution in [2.45, 2.75) is 6.61 Å². The van der Waals surface area contributed by atoms with Gasteiger partial charge in [0.2, 0.25) is 0 Å². The average molecular weight is 293 g/mol. The van der Waals surface area contributed by atoms with Crippen LogP contribution in [0.3, 0.4) is 0 Å². The van der Waals surface area contributed by atoms with Gasteiger partial charge in [-0.25, -0.2) is 9.78 Å². The number of pyridine rings is 1. The van der Waals surface area contributed by atoms with Crippen LogP contribution in [0.4, 0.5) is 0 Å². The average Bonchev–Trinajstić information content (AvgIpc) is 2.59. The van der Waals surface area contributed by atoms with Crippen molar-refractivity contribution in [2.24, 2.45) is 0 Å². The Balaban J connectivity index is 1.86. The topological polar surface area (TPSA) is 48.4 Å². The van der Waals surface area contributed by atoms with Crippen molar-refractivity contribution in [3.63, 3.8) is 0 Å². The maximum atomic E-state index is 11.7. The molecule has 0 saturated carbocycles. The second-order valence-corrected chi connectivity index (χ2v) is 4.81. The Morgan fingerprint density at radius 3 is 2.68 bits per heavy atom. The standard InChI is InChI=1S/C18H15NO3/c1-21-18(20)17-16-8-7-15(11-14(16)9-10-19-17)22-12-13-5-3-2-4-6-13/h2-11H,12H2,1H3. The van der Waals surface area contributed by atoms with Gasteiger partial charge in [0.05, 0.1) is 7.11 Å². The van der Waals surface area contributed by atoms with Crippen LogP contribution in [0.2, 0.25) is 0 Å². The lowest BCUT2D eigenvalue weighted by Gasteiger charge is -2.08. The predicted octanol–water partition coefficient (Wildman–Crippen LogP) is 3.60. The summed E-state index contributed by atoms with van der Waals surface area (Å²) in [5, 5.41) is 1.64. The van der Waals surface area contributed by atoms with E-state index in [2.05, 4.69) is 4.98 Å². The van der Waals surface area contributed by atoms with Crippen LogP contribution in [-0.2, 0) is 11.3 Å². The van der Waals surface area contributed by atoms with Gasteiger partial charge in [-0.15, -0.1) is 0 Å². The number of hydrogen-bond donors (Lipinski definition) is 0. The second kappa shape index (κ2) is 6.26. The lowest BCUT2D eigenvalue weighted by atomic mass is 10.1. The minimum Gasteiger partial charge on any atom is -0.489 e. The zero-order valence-corrected chi connectivity index (χ0v) is 12.2. The van der Waals surface area contributed by atoms with Crippen molar-refractivity contribution in [3.8, 4) is 5.75 Å². The molecule has 110 valence electrons. The highest BCUT2D eigenvalue weighted by Crippen LogP contribution is 2.23. The first-order chi connectivity index (χ1) is 10.8. The summed E-state index contributed by atoms with van der Waals surface area (Å²) in [4.78, 5) is 15.8. The number of nitrogens with zero attached hydrogens (tertiary/aromatic N) is 1. The molecule has 0 N–H and O–H groups in total. The summed E-state index contributed by atoms with van der Waals surface area (Å²) in [6.45, 7) is 0.501. The number of methoxy groups -OCH3 is 1. The van der Waals surface area contributed by atoms with Gasteiger partial charge in [-0.3, -0.25) is 0 Å². The Labute approximate surface area is 128 Å². The summed E-state index contributed by atoms with van der Waals surface area (Å²) >= 11 is 0. The minimum absolute atomic E-state index is 0.314. The molecule has 0 unspecified atom stereocenters. The number of ether oxygens (including phenoxy) is 2. The highest BCUT2D eigenvalue weighted by atomic mass is 16.5. The molecular weight excluding hydrogens is 278 g/mol. The molecule has 0 radical (unpaired) electrons. The molecule has 0 aliphatic heterocycles. The van der Waals surface area contributed by atoms with Gasteiger partial charge in [-0.1, -0.05) is 30.3 Å². The molecule has 4 nitrogen and oxygen atoms in total. The third kappa shape index (κ3) is 2.91. The second-order valence-electron chi connectivity index (χ2n) is 4.81. The maximum Gasteiger partial charge on any atom is 0.357 e. The van der Waals surface area contributed by atoms with Crippen LogP contribution in [0, 0.1) is 0 Å². The zero-order valence-electron chi connectivity index (χ0n) is 12.2. The number of esters is 1. The van der Waals surface area contributed by atoms with Crippen molar-refractivity contribution in [1.29, 1.82) is 0 Å². The van der Waals surface area contributed by atoms with Crippen LogP contribution in [0.5, 0.6) is 5.75 Å². The summed E-state index contributed by atoms with van der Waals surface area (Å²) in [5.41, 5.74) is 1.42. The molecule has 0 saturated heterocycles. The minimum atomic E-state index is -0.441. The van der Waals surface area contributed by atoms with Crippen LogP contribution in [-0.4, -0.2) is 18.1 Å². The molecule has 3 rings (SSSR count). The van der Waals surface area contributed by atoms with Crippen molar-refractivity contribution < 1.29 is 14.3 Å². The van der Waals surface area contributed by atoms with Gasteiger partial charge in [-0.05, 0) is 35.2 Å². The van der Waals surface area contributed by atoms with E-state index in [4.69, 9.17) is 9.47 Å². The van der Waals surface area contributed by atoms with Crippen LogP contribution < -0.4 is 4.74 Å². The number of aromatic nitrogens is 1. The van der Waals surface area contributed by atoms with Crippen LogP contribution in [0.15, 0.2) is 60.8 Å². The highest BCUT2D eigenvalue weighted by Gasteiger charge is 2.12. The van der Waals surface area contributed by atoms with Gasteiger partial charge >= 0.3 is 5.97 Å². The quantitative estimate of drug-likeness (QED) is 0.690. The van der Waals surface area contributed by atoms with E-state index in [-0.39, 0.29) is 0 Å². The van der Waals surface area contributed by atoms with Crippen molar-refractivity contribution in [2.75, 3.05) is 7.11 Å². The largest absolute Gasteiger partial charge is 0.489 e. The van der Waals surface area contributed by atoms with Crippen LogP contribution >= 0.6 is 0 Å². The smallest absolute Gasteiger partial charge is 0.357 e. The normalized spacial score (nSPS) is 10.4. The van der Waals surface area contributed by atoms with E-state index in [1.807, 2.05) is 54.6 Å². The first-order valence-electron chi connectivity index (χ1n) is 6.92. The van der Waals surface area contributed by atoms with E-state index in [1.54, 1.807) is 6.20 Å². The summed E-state index contributed by atoms with van der Waals surface area (Å²) in [7, 11) is 1.35. The molecule has 0 amide bonds. The summed E-state index contributed by atoms with van der Waals surface area (Å²) in [5.74, 6) is 0.307. The van der Waals surface area contributed by atoms with E-state index in [0.717, 1.165) is 22.1 Å². The van der Waals surface area contributed by atoms with E-state index >= 15 is 0 Å². The molecule has 1 aromatic heterocycles. The van der Waals surface area contributed by atoms with Gasteiger partial charge in [0, 0.05) is 11.6 Å². The molecule has 0 aliphatic carbocycles. The number of benzene rings is 2. The number of rotatable bonds is 4.